The molecule has 0 bridgehead atoms. The lowest BCUT2D eigenvalue weighted by atomic mass is 10.1. The number of nitrogens with zero attached hydrogens (tertiary/aromatic N) is 3. The molecule has 0 saturated carbocycles. The molecule has 0 radical (unpaired) electrons. The average Bonchev–Trinajstić information content (AvgIpc) is 2.54. The maximum atomic E-state index is 12.2. The SMILES string of the molecule is Cc1ncn(CCNC(=O)c2cccc([N+](=O)[O-])c2C)c(=O)c1C. The number of carbonyl (C=O) groups is 1. The van der Waals surface area contributed by atoms with Gasteiger partial charge in [-0.25, -0.2) is 4.98 Å². The van der Waals surface area contributed by atoms with Crippen LogP contribution in [-0.4, -0.2) is 26.9 Å². The summed E-state index contributed by atoms with van der Waals surface area (Å²) in [6, 6.07) is 4.35. The van der Waals surface area contributed by atoms with Crippen molar-refractivity contribution in [1.82, 2.24) is 14.9 Å². The Kier molecular flexibility index (Phi) is 5.08. The normalized spacial score (nSPS) is 10.5. The van der Waals surface area contributed by atoms with E-state index in [1.165, 1.54) is 36.0 Å². The van der Waals surface area contributed by atoms with Crippen LogP contribution < -0.4 is 10.9 Å². The Hall–Kier alpha value is -3.03. The van der Waals surface area contributed by atoms with E-state index in [4.69, 9.17) is 0 Å². The lowest BCUT2D eigenvalue weighted by molar-refractivity contribution is -0.385. The van der Waals surface area contributed by atoms with E-state index in [9.17, 15) is 19.7 Å². The van der Waals surface area contributed by atoms with Gasteiger partial charge < -0.3 is 5.32 Å². The molecular weight excluding hydrogens is 312 g/mol. The van der Waals surface area contributed by atoms with Gasteiger partial charge in [0.1, 0.15) is 0 Å². The maximum Gasteiger partial charge on any atom is 0.273 e. The molecule has 2 rings (SSSR count). The number of nitro groups is 1. The molecule has 8 heteroatoms. The molecular formula is C16H18N4O4. The number of carbonyl (C=O) groups excluding carboxylic acids is 1. The maximum absolute atomic E-state index is 12.2. The van der Waals surface area contributed by atoms with Crippen molar-refractivity contribution in [3.63, 3.8) is 0 Å². The zero-order chi connectivity index (χ0) is 17.9. The Morgan fingerprint density at radius 1 is 1.29 bits per heavy atom. The Balaban J connectivity index is 2.07. The second kappa shape index (κ2) is 7.03. The van der Waals surface area contributed by atoms with Gasteiger partial charge in [-0.3, -0.25) is 24.3 Å². The Morgan fingerprint density at radius 2 is 2.00 bits per heavy atom. The molecule has 0 atom stereocenters. The molecule has 0 saturated heterocycles. The van der Waals surface area contributed by atoms with Crippen molar-refractivity contribution in [2.75, 3.05) is 6.54 Å². The van der Waals surface area contributed by atoms with Crippen LogP contribution in [0.15, 0.2) is 29.3 Å². The first-order valence-corrected chi connectivity index (χ1v) is 7.37. The van der Waals surface area contributed by atoms with Gasteiger partial charge in [-0.2, -0.15) is 0 Å². The molecule has 2 aromatic rings. The molecule has 1 aromatic heterocycles. The summed E-state index contributed by atoms with van der Waals surface area (Å²) in [4.78, 5) is 38.8. The number of nitrogens with one attached hydrogen (secondary N) is 1. The van der Waals surface area contributed by atoms with Gasteiger partial charge in [0, 0.05) is 41.5 Å². The number of hydrogen-bond acceptors (Lipinski definition) is 5. The molecule has 1 N–H and O–H groups in total. The first-order chi connectivity index (χ1) is 11.3. The molecule has 1 aromatic carbocycles. The van der Waals surface area contributed by atoms with Gasteiger partial charge in [0.15, 0.2) is 0 Å². The van der Waals surface area contributed by atoms with Gasteiger partial charge in [-0.1, -0.05) is 6.07 Å². The average molecular weight is 330 g/mol. The number of benzene rings is 1. The summed E-state index contributed by atoms with van der Waals surface area (Å²) in [7, 11) is 0. The van der Waals surface area contributed by atoms with Crippen molar-refractivity contribution in [1.29, 1.82) is 0 Å². The minimum Gasteiger partial charge on any atom is -0.350 e. The van der Waals surface area contributed by atoms with Crippen molar-refractivity contribution in [2.24, 2.45) is 0 Å². The molecule has 126 valence electrons. The monoisotopic (exact) mass is 330 g/mol. The molecule has 0 aliphatic heterocycles. The van der Waals surface area contributed by atoms with Crippen LogP contribution >= 0.6 is 0 Å². The van der Waals surface area contributed by atoms with Crippen LogP contribution in [0, 0.1) is 30.9 Å². The molecule has 0 aliphatic carbocycles. The minimum atomic E-state index is -0.521. The van der Waals surface area contributed by atoms with Crippen LogP contribution in [0.25, 0.3) is 0 Å². The topological polar surface area (TPSA) is 107 Å². The Bertz CT molecular complexity index is 858. The molecule has 0 aliphatic rings. The number of aryl methyl sites for hydroxylation is 1. The Labute approximate surface area is 138 Å². The molecule has 0 fully saturated rings. The summed E-state index contributed by atoms with van der Waals surface area (Å²) >= 11 is 0. The van der Waals surface area contributed by atoms with E-state index in [2.05, 4.69) is 10.3 Å². The molecule has 1 amide bonds. The number of rotatable bonds is 5. The highest BCUT2D eigenvalue weighted by atomic mass is 16.6. The second-order valence-corrected chi connectivity index (χ2v) is 5.42. The standard InChI is InChI=1S/C16H18N4O4/c1-10-12(3)18-9-19(16(10)22)8-7-17-15(21)13-5-4-6-14(11(13)2)20(23)24/h4-6,9H,7-8H2,1-3H3,(H,17,21). The minimum absolute atomic E-state index is 0.0998. The molecule has 24 heavy (non-hydrogen) atoms. The molecule has 1 heterocycles. The van der Waals surface area contributed by atoms with Crippen molar-refractivity contribution < 1.29 is 9.72 Å². The van der Waals surface area contributed by atoms with E-state index in [-0.39, 0.29) is 29.9 Å². The van der Waals surface area contributed by atoms with Crippen LogP contribution in [0.3, 0.4) is 0 Å². The quantitative estimate of drug-likeness (QED) is 0.660. The zero-order valence-electron chi connectivity index (χ0n) is 13.7. The second-order valence-electron chi connectivity index (χ2n) is 5.42. The highest BCUT2D eigenvalue weighted by molar-refractivity contribution is 5.96. The van der Waals surface area contributed by atoms with Crippen molar-refractivity contribution in [2.45, 2.75) is 27.3 Å². The number of nitro benzene ring substituents is 1. The highest BCUT2D eigenvalue weighted by Crippen LogP contribution is 2.20. The largest absolute Gasteiger partial charge is 0.350 e. The molecule has 0 spiro atoms. The summed E-state index contributed by atoms with van der Waals surface area (Å²) in [6.45, 7) is 5.47. The smallest absolute Gasteiger partial charge is 0.273 e. The van der Waals surface area contributed by atoms with Crippen molar-refractivity contribution in [3.8, 4) is 0 Å². The lowest BCUT2D eigenvalue weighted by Gasteiger charge is -2.10. The van der Waals surface area contributed by atoms with E-state index < -0.39 is 10.8 Å². The third-order valence-corrected chi connectivity index (χ3v) is 3.90. The van der Waals surface area contributed by atoms with Gasteiger partial charge >= 0.3 is 0 Å². The Morgan fingerprint density at radius 3 is 2.67 bits per heavy atom. The van der Waals surface area contributed by atoms with Crippen LogP contribution in [0.2, 0.25) is 0 Å². The third-order valence-electron chi connectivity index (χ3n) is 3.90. The molecule has 0 unspecified atom stereocenters. The first kappa shape index (κ1) is 17.3. The van der Waals surface area contributed by atoms with Gasteiger partial charge in [0.05, 0.1) is 11.3 Å². The number of hydrogen-bond donors (Lipinski definition) is 1. The lowest BCUT2D eigenvalue weighted by Crippen LogP contribution is -2.32. The predicted molar refractivity (Wildman–Crippen MR) is 88.1 cm³/mol. The number of aromatic nitrogens is 2. The van der Waals surface area contributed by atoms with Crippen LogP contribution in [0.1, 0.15) is 27.2 Å². The van der Waals surface area contributed by atoms with Crippen LogP contribution in [0.5, 0.6) is 0 Å². The van der Waals surface area contributed by atoms with Gasteiger partial charge in [0.25, 0.3) is 17.2 Å². The fraction of sp³-hybridized carbons (Fsp3) is 0.312. The fourth-order valence-corrected chi connectivity index (χ4v) is 2.29. The fourth-order valence-electron chi connectivity index (χ4n) is 2.29. The van der Waals surface area contributed by atoms with Crippen molar-refractivity contribution in [3.05, 3.63) is 67.4 Å². The summed E-state index contributed by atoms with van der Waals surface area (Å²) in [5, 5.41) is 13.6. The summed E-state index contributed by atoms with van der Waals surface area (Å²) < 4.78 is 1.42. The van der Waals surface area contributed by atoms with Gasteiger partial charge in [-0.15, -0.1) is 0 Å². The first-order valence-electron chi connectivity index (χ1n) is 7.37. The zero-order valence-corrected chi connectivity index (χ0v) is 13.7. The highest BCUT2D eigenvalue weighted by Gasteiger charge is 2.17. The van der Waals surface area contributed by atoms with Crippen LogP contribution in [0.4, 0.5) is 5.69 Å². The summed E-state index contributed by atoms with van der Waals surface area (Å²) in [5.74, 6) is -0.416. The third kappa shape index (κ3) is 3.48. The summed E-state index contributed by atoms with van der Waals surface area (Å²) in [6.07, 6.45) is 1.44. The molecule has 8 nitrogen and oxygen atoms in total. The van der Waals surface area contributed by atoms with Gasteiger partial charge in [0.2, 0.25) is 0 Å². The predicted octanol–water partition coefficient (Wildman–Crippen LogP) is 1.51. The van der Waals surface area contributed by atoms with E-state index in [0.29, 0.717) is 16.8 Å². The van der Waals surface area contributed by atoms with E-state index in [1.807, 2.05) is 0 Å². The van der Waals surface area contributed by atoms with Crippen molar-refractivity contribution >= 4 is 11.6 Å². The van der Waals surface area contributed by atoms with E-state index in [1.54, 1.807) is 13.8 Å². The van der Waals surface area contributed by atoms with Gasteiger partial charge in [-0.05, 0) is 26.8 Å². The van der Waals surface area contributed by atoms with Crippen LogP contribution in [-0.2, 0) is 6.54 Å². The summed E-state index contributed by atoms with van der Waals surface area (Å²) in [5.41, 5.74) is 1.55. The number of amides is 1. The van der Waals surface area contributed by atoms with E-state index in [0.717, 1.165) is 0 Å². The van der Waals surface area contributed by atoms with E-state index >= 15 is 0 Å².